The van der Waals surface area contributed by atoms with Crippen molar-refractivity contribution in [2.45, 2.75) is 58.5 Å². The molecule has 3 rings (SSSR count). The summed E-state index contributed by atoms with van der Waals surface area (Å²) in [5.41, 5.74) is -1.23. The van der Waals surface area contributed by atoms with Crippen LogP contribution in [-0.2, 0) is 14.4 Å². The van der Waals surface area contributed by atoms with Gasteiger partial charge in [-0.3, -0.25) is 14.4 Å². The fourth-order valence-corrected chi connectivity index (χ4v) is 4.83. The zero-order chi connectivity index (χ0) is 23.1. The van der Waals surface area contributed by atoms with E-state index in [4.69, 9.17) is 11.6 Å². The van der Waals surface area contributed by atoms with Gasteiger partial charge >= 0.3 is 5.97 Å². The molecule has 31 heavy (non-hydrogen) atoms. The van der Waals surface area contributed by atoms with E-state index in [9.17, 15) is 24.3 Å². The zero-order valence-corrected chi connectivity index (χ0v) is 18.9. The van der Waals surface area contributed by atoms with Crippen LogP contribution in [-0.4, -0.2) is 51.8 Å². The second kappa shape index (κ2) is 8.15. The lowest BCUT2D eigenvalue weighted by Gasteiger charge is -2.40. The van der Waals surface area contributed by atoms with Crippen molar-refractivity contribution >= 4 is 41.0 Å². The Morgan fingerprint density at radius 2 is 1.94 bits per heavy atom. The number of carbonyl (C=O) groups is 4. The summed E-state index contributed by atoms with van der Waals surface area (Å²) in [6, 6.07) is 3.56. The standard InChI is InChI=1S/C22H28ClN3O5/c1-12(27)24-14-5-6-15(16(23)9-14)18(28)25-17(21(2,3)4)19(29)26-11-13-7-8-22(26,10-13)20(30)31/h5-6,9,13,17H,7-8,10-11H2,1-4H3,(H,24,27)(H,25,28)(H,30,31)/t13-,17-,22+/m1/s1. The van der Waals surface area contributed by atoms with E-state index in [-0.39, 0.29) is 22.4 Å². The number of hydrogen-bond donors (Lipinski definition) is 3. The molecule has 0 unspecified atom stereocenters. The molecule has 3 atom stereocenters. The van der Waals surface area contributed by atoms with Gasteiger partial charge in [-0.15, -0.1) is 0 Å². The van der Waals surface area contributed by atoms with E-state index < -0.39 is 34.8 Å². The Morgan fingerprint density at radius 1 is 1.26 bits per heavy atom. The number of benzene rings is 1. The molecular formula is C22H28ClN3O5. The number of carboxylic acids is 1. The third-order valence-corrected chi connectivity index (χ3v) is 6.45. The smallest absolute Gasteiger partial charge is 0.329 e. The van der Waals surface area contributed by atoms with E-state index in [1.807, 2.05) is 20.8 Å². The molecule has 1 aliphatic heterocycles. The highest BCUT2D eigenvalue weighted by molar-refractivity contribution is 6.34. The number of rotatable bonds is 5. The summed E-state index contributed by atoms with van der Waals surface area (Å²) in [7, 11) is 0. The van der Waals surface area contributed by atoms with Gasteiger partial charge in [0.05, 0.1) is 10.6 Å². The van der Waals surface area contributed by atoms with Crippen molar-refractivity contribution in [1.29, 1.82) is 0 Å². The van der Waals surface area contributed by atoms with Gasteiger partial charge in [-0.2, -0.15) is 0 Å². The van der Waals surface area contributed by atoms with Crippen LogP contribution < -0.4 is 10.6 Å². The second-order valence-electron chi connectivity index (χ2n) is 9.54. The maximum Gasteiger partial charge on any atom is 0.329 e. The number of likely N-dealkylation sites (tertiary alicyclic amines) is 1. The molecule has 2 fully saturated rings. The monoisotopic (exact) mass is 449 g/mol. The van der Waals surface area contributed by atoms with E-state index in [2.05, 4.69) is 10.6 Å². The van der Waals surface area contributed by atoms with Gasteiger partial charge in [-0.1, -0.05) is 32.4 Å². The highest BCUT2D eigenvalue weighted by atomic mass is 35.5. The van der Waals surface area contributed by atoms with E-state index >= 15 is 0 Å². The molecule has 1 heterocycles. The van der Waals surface area contributed by atoms with Gasteiger partial charge in [0, 0.05) is 19.2 Å². The van der Waals surface area contributed by atoms with E-state index in [1.54, 1.807) is 6.07 Å². The molecule has 1 saturated carbocycles. The molecule has 2 aliphatic rings. The van der Waals surface area contributed by atoms with Crippen LogP contribution in [0.25, 0.3) is 0 Å². The summed E-state index contributed by atoms with van der Waals surface area (Å²) in [6.07, 6.45) is 1.67. The highest BCUT2D eigenvalue weighted by Crippen LogP contribution is 2.47. The minimum Gasteiger partial charge on any atom is -0.479 e. The number of carboxylic acid groups (broad SMARTS) is 1. The van der Waals surface area contributed by atoms with Crippen LogP contribution in [0.4, 0.5) is 5.69 Å². The molecule has 168 valence electrons. The van der Waals surface area contributed by atoms with Crippen LogP contribution in [0.3, 0.4) is 0 Å². The first-order valence-electron chi connectivity index (χ1n) is 10.3. The van der Waals surface area contributed by atoms with Crippen molar-refractivity contribution in [1.82, 2.24) is 10.2 Å². The number of nitrogens with zero attached hydrogens (tertiary/aromatic N) is 1. The minimum absolute atomic E-state index is 0.131. The van der Waals surface area contributed by atoms with Crippen LogP contribution in [0.5, 0.6) is 0 Å². The number of nitrogens with one attached hydrogen (secondary N) is 2. The predicted molar refractivity (Wildman–Crippen MR) is 116 cm³/mol. The van der Waals surface area contributed by atoms with Gasteiger partial charge in [0.25, 0.3) is 5.91 Å². The lowest BCUT2D eigenvalue weighted by molar-refractivity contribution is -0.159. The maximum atomic E-state index is 13.5. The van der Waals surface area contributed by atoms with Crippen molar-refractivity contribution < 1.29 is 24.3 Å². The fourth-order valence-electron chi connectivity index (χ4n) is 4.56. The molecule has 3 N–H and O–H groups in total. The van der Waals surface area contributed by atoms with Gasteiger partial charge in [0.15, 0.2) is 0 Å². The van der Waals surface area contributed by atoms with Crippen LogP contribution in [0.2, 0.25) is 5.02 Å². The first kappa shape index (κ1) is 23.1. The Kier molecular flexibility index (Phi) is 6.06. The lowest BCUT2D eigenvalue weighted by atomic mass is 9.84. The number of aliphatic carboxylic acids is 1. The second-order valence-corrected chi connectivity index (χ2v) is 9.95. The van der Waals surface area contributed by atoms with Crippen molar-refractivity contribution in [3.63, 3.8) is 0 Å². The Balaban J connectivity index is 1.84. The van der Waals surface area contributed by atoms with Gasteiger partial charge in [0.2, 0.25) is 11.8 Å². The molecule has 1 aliphatic carbocycles. The van der Waals surface area contributed by atoms with Gasteiger partial charge in [-0.05, 0) is 48.8 Å². The summed E-state index contributed by atoms with van der Waals surface area (Å²) < 4.78 is 0. The van der Waals surface area contributed by atoms with E-state index in [1.165, 1.54) is 24.0 Å². The van der Waals surface area contributed by atoms with E-state index in [0.29, 0.717) is 25.1 Å². The summed E-state index contributed by atoms with van der Waals surface area (Å²) in [6.45, 7) is 7.21. The number of anilines is 1. The number of amides is 3. The highest BCUT2D eigenvalue weighted by Gasteiger charge is 2.59. The largest absolute Gasteiger partial charge is 0.479 e. The van der Waals surface area contributed by atoms with Crippen molar-refractivity contribution in [3.8, 4) is 0 Å². The first-order valence-corrected chi connectivity index (χ1v) is 10.7. The van der Waals surface area contributed by atoms with E-state index in [0.717, 1.165) is 6.42 Å². The summed E-state index contributed by atoms with van der Waals surface area (Å²) in [4.78, 5) is 51.2. The quantitative estimate of drug-likeness (QED) is 0.639. The van der Waals surface area contributed by atoms with Crippen LogP contribution in [0.1, 0.15) is 57.3 Å². The molecule has 0 spiro atoms. The molecule has 1 saturated heterocycles. The van der Waals surface area contributed by atoms with Crippen molar-refractivity contribution in [3.05, 3.63) is 28.8 Å². The van der Waals surface area contributed by atoms with Crippen LogP contribution >= 0.6 is 11.6 Å². The molecule has 1 aromatic carbocycles. The maximum absolute atomic E-state index is 13.5. The SMILES string of the molecule is CC(=O)Nc1ccc(C(=O)N[C@H](C(=O)N2C[C@@H]3CC[C@@]2(C(=O)O)C3)C(C)(C)C)c(Cl)c1. The van der Waals surface area contributed by atoms with Crippen LogP contribution in [0, 0.1) is 11.3 Å². The predicted octanol–water partition coefficient (Wildman–Crippen LogP) is 2.91. The molecule has 1 aromatic rings. The number of piperidine rings is 1. The third kappa shape index (κ3) is 4.39. The average Bonchev–Trinajstić information content (AvgIpc) is 3.24. The normalized spacial score (nSPS) is 23.4. The summed E-state index contributed by atoms with van der Waals surface area (Å²) in [5.74, 6) is -2.01. The molecule has 9 heteroatoms. The molecule has 2 bridgehead atoms. The molecule has 8 nitrogen and oxygen atoms in total. The average molecular weight is 450 g/mol. The zero-order valence-electron chi connectivity index (χ0n) is 18.1. The minimum atomic E-state index is -1.19. The van der Waals surface area contributed by atoms with Crippen molar-refractivity contribution in [2.24, 2.45) is 11.3 Å². The Hall–Kier alpha value is -2.61. The number of fused-ring (bicyclic) bond motifs is 2. The van der Waals surface area contributed by atoms with Gasteiger partial charge in [-0.25, -0.2) is 4.79 Å². The van der Waals surface area contributed by atoms with Crippen LogP contribution in [0.15, 0.2) is 18.2 Å². The molecule has 3 amide bonds. The van der Waals surface area contributed by atoms with Crippen molar-refractivity contribution in [2.75, 3.05) is 11.9 Å². The number of hydrogen-bond acceptors (Lipinski definition) is 4. The first-order chi connectivity index (χ1) is 14.3. The summed E-state index contributed by atoms with van der Waals surface area (Å²) in [5, 5.41) is 15.3. The molecule has 0 aromatic heterocycles. The topological polar surface area (TPSA) is 116 Å². The molecular weight excluding hydrogens is 422 g/mol. The number of carbonyl (C=O) groups excluding carboxylic acids is 3. The van der Waals surface area contributed by atoms with Gasteiger partial charge < -0.3 is 20.6 Å². The fraction of sp³-hybridized carbons (Fsp3) is 0.545. The Morgan fingerprint density at radius 3 is 2.45 bits per heavy atom. The Bertz CT molecular complexity index is 942. The third-order valence-electron chi connectivity index (χ3n) is 6.14. The van der Waals surface area contributed by atoms with Gasteiger partial charge in [0.1, 0.15) is 11.6 Å². The molecule has 0 radical (unpaired) electrons. The number of halogens is 1. The summed E-state index contributed by atoms with van der Waals surface area (Å²) >= 11 is 6.24. The Labute approximate surface area is 186 Å². The lowest BCUT2D eigenvalue weighted by Crippen LogP contribution is -2.61.